The molecule has 1 N–H and O–H groups in total. The summed E-state index contributed by atoms with van der Waals surface area (Å²) < 4.78 is 10.1. The Kier molecular flexibility index (Phi) is 3.81. The second-order valence-corrected chi connectivity index (χ2v) is 4.27. The molecule has 1 fully saturated rings. The number of esters is 1. The first-order valence-electron chi connectivity index (χ1n) is 5.82. The van der Waals surface area contributed by atoms with E-state index in [1.54, 1.807) is 6.07 Å². The van der Waals surface area contributed by atoms with E-state index in [0.29, 0.717) is 23.9 Å². The largest absolute Gasteiger partial charge is 0.467 e. The van der Waals surface area contributed by atoms with Gasteiger partial charge in [-0.2, -0.15) is 0 Å². The number of nitrogens with one attached hydrogen (secondary N) is 1. The van der Waals surface area contributed by atoms with E-state index >= 15 is 0 Å². The van der Waals surface area contributed by atoms with Crippen molar-refractivity contribution in [1.29, 1.82) is 0 Å². The molecule has 1 aromatic rings. The van der Waals surface area contributed by atoms with Gasteiger partial charge >= 0.3 is 5.97 Å². The topological polar surface area (TPSA) is 54.7 Å². The van der Waals surface area contributed by atoms with Gasteiger partial charge in [-0.1, -0.05) is 0 Å². The number of hydrogen-bond acceptors (Lipinski definition) is 5. The number of methoxy groups -OCH3 is 1. The van der Waals surface area contributed by atoms with Crippen LogP contribution in [0.5, 0.6) is 0 Å². The van der Waals surface area contributed by atoms with Crippen molar-refractivity contribution >= 4 is 5.97 Å². The van der Waals surface area contributed by atoms with Gasteiger partial charge in [0.25, 0.3) is 0 Å². The van der Waals surface area contributed by atoms with E-state index < -0.39 is 0 Å². The highest BCUT2D eigenvalue weighted by atomic mass is 16.5. The summed E-state index contributed by atoms with van der Waals surface area (Å²) >= 11 is 0. The standard InChI is InChI=1S/C12H18N2O3/c1-9-7-13-4-5-14(9)8-11-10(3-6-17-11)12(15)16-2/h3,6,9,13H,4-5,7-8H2,1-2H3/t9-/m1/s1. The highest BCUT2D eigenvalue weighted by molar-refractivity contribution is 5.90. The van der Waals surface area contributed by atoms with Crippen molar-refractivity contribution in [2.75, 3.05) is 26.7 Å². The van der Waals surface area contributed by atoms with Crippen LogP contribution in [0.1, 0.15) is 23.0 Å². The lowest BCUT2D eigenvalue weighted by molar-refractivity contribution is 0.0594. The molecule has 2 heterocycles. The Balaban J connectivity index is 2.07. The lowest BCUT2D eigenvalue weighted by atomic mass is 10.2. The maximum atomic E-state index is 11.5. The van der Waals surface area contributed by atoms with E-state index in [0.717, 1.165) is 19.6 Å². The second kappa shape index (κ2) is 5.33. The van der Waals surface area contributed by atoms with Crippen LogP contribution in [0.25, 0.3) is 0 Å². The van der Waals surface area contributed by atoms with Crippen molar-refractivity contribution in [2.24, 2.45) is 0 Å². The lowest BCUT2D eigenvalue weighted by Gasteiger charge is -2.33. The van der Waals surface area contributed by atoms with E-state index in [-0.39, 0.29) is 5.97 Å². The SMILES string of the molecule is COC(=O)c1ccoc1CN1CCNC[C@H]1C. The molecule has 0 radical (unpaired) electrons. The molecule has 0 unspecified atom stereocenters. The minimum absolute atomic E-state index is 0.337. The maximum absolute atomic E-state index is 11.5. The average Bonchev–Trinajstić information content (AvgIpc) is 2.79. The number of furan rings is 1. The molecule has 1 aliphatic heterocycles. The normalized spacial score (nSPS) is 21.4. The van der Waals surface area contributed by atoms with Crippen LogP contribution in [-0.4, -0.2) is 43.7 Å². The van der Waals surface area contributed by atoms with Crippen LogP contribution in [0.3, 0.4) is 0 Å². The summed E-state index contributed by atoms with van der Waals surface area (Å²) in [5.41, 5.74) is 0.526. The third-order valence-electron chi connectivity index (χ3n) is 3.14. The Bertz CT molecular complexity index is 389. The van der Waals surface area contributed by atoms with E-state index in [4.69, 9.17) is 9.15 Å². The Labute approximate surface area is 101 Å². The van der Waals surface area contributed by atoms with Crippen molar-refractivity contribution in [1.82, 2.24) is 10.2 Å². The predicted molar refractivity (Wildman–Crippen MR) is 62.8 cm³/mol. The van der Waals surface area contributed by atoms with E-state index in [1.807, 2.05) is 0 Å². The monoisotopic (exact) mass is 238 g/mol. The van der Waals surface area contributed by atoms with Gasteiger partial charge in [-0.05, 0) is 13.0 Å². The van der Waals surface area contributed by atoms with Crippen LogP contribution in [-0.2, 0) is 11.3 Å². The van der Waals surface area contributed by atoms with Crippen LogP contribution in [0, 0.1) is 0 Å². The quantitative estimate of drug-likeness (QED) is 0.791. The molecule has 5 nitrogen and oxygen atoms in total. The molecule has 5 heteroatoms. The first kappa shape index (κ1) is 12.1. The van der Waals surface area contributed by atoms with Gasteiger partial charge in [0.1, 0.15) is 11.3 Å². The molecule has 0 aliphatic carbocycles. The predicted octanol–water partition coefficient (Wildman–Crippen LogP) is 0.860. The van der Waals surface area contributed by atoms with E-state index in [1.165, 1.54) is 13.4 Å². The van der Waals surface area contributed by atoms with Crippen molar-refractivity contribution in [3.63, 3.8) is 0 Å². The number of nitrogens with zero attached hydrogens (tertiary/aromatic N) is 1. The zero-order chi connectivity index (χ0) is 12.3. The van der Waals surface area contributed by atoms with Crippen LogP contribution < -0.4 is 5.32 Å². The maximum Gasteiger partial charge on any atom is 0.341 e. The van der Waals surface area contributed by atoms with Crippen LogP contribution in [0.2, 0.25) is 0 Å². The molecule has 17 heavy (non-hydrogen) atoms. The zero-order valence-corrected chi connectivity index (χ0v) is 10.2. The summed E-state index contributed by atoms with van der Waals surface area (Å²) in [5, 5.41) is 3.33. The molecule has 0 aromatic carbocycles. The lowest BCUT2D eigenvalue weighted by Crippen LogP contribution is -2.49. The first-order chi connectivity index (χ1) is 8.22. The van der Waals surface area contributed by atoms with Gasteiger partial charge in [0, 0.05) is 25.7 Å². The van der Waals surface area contributed by atoms with Gasteiger partial charge in [-0.25, -0.2) is 4.79 Å². The highest BCUT2D eigenvalue weighted by Gasteiger charge is 2.22. The molecule has 94 valence electrons. The molecule has 0 amide bonds. The molecule has 1 atom stereocenters. The second-order valence-electron chi connectivity index (χ2n) is 4.27. The van der Waals surface area contributed by atoms with Crippen LogP contribution in [0.4, 0.5) is 0 Å². The minimum Gasteiger partial charge on any atom is -0.467 e. The summed E-state index contributed by atoms with van der Waals surface area (Å²) in [4.78, 5) is 13.8. The van der Waals surface area contributed by atoms with Gasteiger partial charge in [-0.15, -0.1) is 0 Å². The Hall–Kier alpha value is -1.33. The van der Waals surface area contributed by atoms with Crippen molar-refractivity contribution in [3.8, 4) is 0 Å². The minimum atomic E-state index is -0.337. The molecular weight excluding hydrogens is 220 g/mol. The number of piperazine rings is 1. The molecule has 1 aromatic heterocycles. The highest BCUT2D eigenvalue weighted by Crippen LogP contribution is 2.16. The smallest absolute Gasteiger partial charge is 0.341 e. The fraction of sp³-hybridized carbons (Fsp3) is 0.583. The van der Waals surface area contributed by atoms with Crippen molar-refractivity contribution in [3.05, 3.63) is 23.7 Å². The summed E-state index contributed by atoms with van der Waals surface area (Å²) in [6, 6.07) is 2.10. The fourth-order valence-corrected chi connectivity index (χ4v) is 2.06. The van der Waals surface area contributed by atoms with Gasteiger partial charge < -0.3 is 14.5 Å². The van der Waals surface area contributed by atoms with Gasteiger partial charge in [0.05, 0.1) is 19.9 Å². The van der Waals surface area contributed by atoms with E-state index in [2.05, 4.69) is 17.1 Å². The number of rotatable bonds is 3. The number of carbonyl (C=O) groups excluding carboxylic acids is 1. The summed E-state index contributed by atoms with van der Waals surface area (Å²) in [5.74, 6) is 0.349. The third-order valence-corrected chi connectivity index (χ3v) is 3.14. The zero-order valence-electron chi connectivity index (χ0n) is 10.2. The average molecular weight is 238 g/mol. The fourth-order valence-electron chi connectivity index (χ4n) is 2.06. The van der Waals surface area contributed by atoms with E-state index in [9.17, 15) is 4.79 Å². The third kappa shape index (κ3) is 2.68. The number of carbonyl (C=O) groups is 1. The molecule has 0 spiro atoms. The Morgan fingerprint density at radius 3 is 3.24 bits per heavy atom. The van der Waals surface area contributed by atoms with Gasteiger partial charge in [-0.3, -0.25) is 4.90 Å². The first-order valence-corrected chi connectivity index (χ1v) is 5.82. The Morgan fingerprint density at radius 2 is 2.53 bits per heavy atom. The molecule has 1 aliphatic rings. The Morgan fingerprint density at radius 1 is 1.71 bits per heavy atom. The summed E-state index contributed by atoms with van der Waals surface area (Å²) in [6.07, 6.45) is 1.54. The van der Waals surface area contributed by atoms with Crippen molar-refractivity contribution < 1.29 is 13.9 Å². The number of hydrogen-bond donors (Lipinski definition) is 1. The van der Waals surface area contributed by atoms with Crippen molar-refractivity contribution in [2.45, 2.75) is 19.5 Å². The van der Waals surface area contributed by atoms with Gasteiger partial charge in [0.2, 0.25) is 0 Å². The molecule has 0 saturated carbocycles. The summed E-state index contributed by atoms with van der Waals surface area (Å²) in [7, 11) is 1.38. The molecule has 0 bridgehead atoms. The number of ether oxygens (including phenoxy) is 1. The molecule has 1 saturated heterocycles. The van der Waals surface area contributed by atoms with Crippen LogP contribution >= 0.6 is 0 Å². The molecule has 2 rings (SSSR count). The van der Waals surface area contributed by atoms with Crippen LogP contribution in [0.15, 0.2) is 16.7 Å². The molecular formula is C12H18N2O3. The van der Waals surface area contributed by atoms with Gasteiger partial charge in [0.15, 0.2) is 0 Å². The summed E-state index contributed by atoms with van der Waals surface area (Å²) in [6.45, 7) is 5.71.